The smallest absolute Gasteiger partial charge is 0.391 e. The molecule has 1 aromatic heterocycles. The molecule has 2 rings (SSSR count). The van der Waals surface area contributed by atoms with E-state index < -0.39 is 18.0 Å². The van der Waals surface area contributed by atoms with Crippen molar-refractivity contribution >= 4 is 5.95 Å². The van der Waals surface area contributed by atoms with E-state index in [9.17, 15) is 18.3 Å². The number of hydrogen-bond acceptors (Lipinski definition) is 4. The molecule has 94 valence electrons. The quantitative estimate of drug-likeness (QED) is 0.816. The van der Waals surface area contributed by atoms with Gasteiger partial charge in [-0.1, -0.05) is 0 Å². The van der Waals surface area contributed by atoms with Gasteiger partial charge >= 0.3 is 6.18 Å². The van der Waals surface area contributed by atoms with Crippen molar-refractivity contribution in [2.75, 3.05) is 18.0 Å². The minimum atomic E-state index is -4.47. The number of aromatic nitrogens is 2. The van der Waals surface area contributed by atoms with Crippen molar-refractivity contribution in [3.63, 3.8) is 0 Å². The third-order valence-electron chi connectivity index (χ3n) is 2.61. The Kier molecular flexibility index (Phi) is 3.19. The van der Waals surface area contributed by atoms with Crippen molar-refractivity contribution in [3.8, 4) is 0 Å². The molecule has 0 aliphatic carbocycles. The van der Waals surface area contributed by atoms with Crippen LogP contribution in [0.4, 0.5) is 19.1 Å². The van der Waals surface area contributed by atoms with Gasteiger partial charge in [0.05, 0.1) is 6.10 Å². The van der Waals surface area contributed by atoms with Crippen LogP contribution in [0, 0.1) is 0 Å². The zero-order valence-corrected chi connectivity index (χ0v) is 8.98. The Labute approximate surface area is 96.1 Å². The summed E-state index contributed by atoms with van der Waals surface area (Å²) in [7, 11) is 0. The highest BCUT2D eigenvalue weighted by Crippen LogP contribution is 2.28. The highest BCUT2D eigenvalue weighted by Gasteiger charge is 2.33. The number of aliphatic hydroxyl groups is 1. The first-order valence-electron chi connectivity index (χ1n) is 5.30. The molecule has 4 nitrogen and oxygen atoms in total. The van der Waals surface area contributed by atoms with Gasteiger partial charge in [-0.3, -0.25) is 0 Å². The highest BCUT2D eigenvalue weighted by molar-refractivity contribution is 5.31. The molecular weight excluding hydrogens is 235 g/mol. The van der Waals surface area contributed by atoms with Crippen LogP contribution in [0.25, 0.3) is 0 Å². The predicted octanol–water partition coefficient (Wildman–Crippen LogP) is 1.46. The van der Waals surface area contributed by atoms with Crippen molar-refractivity contribution in [2.24, 2.45) is 0 Å². The fourth-order valence-corrected chi connectivity index (χ4v) is 1.80. The predicted molar refractivity (Wildman–Crippen MR) is 54.5 cm³/mol. The molecule has 1 atom stereocenters. The Morgan fingerprint density at radius 2 is 2.18 bits per heavy atom. The van der Waals surface area contributed by atoms with E-state index in [1.807, 2.05) is 0 Å². The first-order valence-corrected chi connectivity index (χ1v) is 5.30. The third-order valence-corrected chi connectivity index (χ3v) is 2.61. The lowest BCUT2D eigenvalue weighted by Crippen LogP contribution is -2.39. The monoisotopic (exact) mass is 247 g/mol. The molecule has 1 aliphatic rings. The Hall–Kier alpha value is -1.37. The van der Waals surface area contributed by atoms with Gasteiger partial charge in [0.1, 0.15) is 5.69 Å². The summed E-state index contributed by atoms with van der Waals surface area (Å²) in [5.74, 6) is 0.0265. The maximum atomic E-state index is 12.5. The molecule has 0 aromatic carbocycles. The zero-order chi connectivity index (χ0) is 12.5. The molecule has 2 heterocycles. The molecular formula is C10H12F3N3O. The minimum Gasteiger partial charge on any atom is -0.391 e. The molecule has 1 fully saturated rings. The Morgan fingerprint density at radius 1 is 1.41 bits per heavy atom. The van der Waals surface area contributed by atoms with E-state index >= 15 is 0 Å². The van der Waals surface area contributed by atoms with Gasteiger partial charge in [-0.25, -0.2) is 9.97 Å². The molecule has 1 N–H and O–H groups in total. The summed E-state index contributed by atoms with van der Waals surface area (Å²) < 4.78 is 37.4. The van der Waals surface area contributed by atoms with Gasteiger partial charge in [-0.2, -0.15) is 13.2 Å². The number of aliphatic hydroxyl groups excluding tert-OH is 1. The Bertz CT molecular complexity index is 397. The van der Waals surface area contributed by atoms with Crippen molar-refractivity contribution in [2.45, 2.75) is 25.1 Å². The van der Waals surface area contributed by atoms with Crippen LogP contribution in [0.5, 0.6) is 0 Å². The molecule has 7 heteroatoms. The van der Waals surface area contributed by atoms with Gasteiger partial charge in [0.2, 0.25) is 5.95 Å². The summed E-state index contributed by atoms with van der Waals surface area (Å²) in [5.41, 5.74) is -0.956. The maximum absolute atomic E-state index is 12.5. The largest absolute Gasteiger partial charge is 0.433 e. The van der Waals surface area contributed by atoms with Crippen LogP contribution in [-0.2, 0) is 6.18 Å². The Balaban J connectivity index is 2.21. The number of hydrogen-bond donors (Lipinski definition) is 1. The molecule has 0 unspecified atom stereocenters. The molecule has 0 spiro atoms. The number of rotatable bonds is 1. The van der Waals surface area contributed by atoms with E-state index in [4.69, 9.17) is 0 Å². The van der Waals surface area contributed by atoms with Crippen molar-refractivity contribution in [1.29, 1.82) is 0 Å². The number of halogens is 3. The van der Waals surface area contributed by atoms with Gasteiger partial charge in [0.15, 0.2) is 0 Å². The summed E-state index contributed by atoms with van der Waals surface area (Å²) in [6, 6.07) is 0.837. The summed E-state index contributed by atoms with van der Waals surface area (Å²) in [5, 5.41) is 9.45. The standard InChI is InChI=1S/C10H12F3N3O/c11-10(12,13)8-3-4-14-9(15-8)16-5-1-2-7(17)6-16/h3-4,7,17H,1-2,5-6H2/t7-/m0/s1. The number of anilines is 1. The molecule has 17 heavy (non-hydrogen) atoms. The lowest BCUT2D eigenvalue weighted by Gasteiger charge is -2.30. The van der Waals surface area contributed by atoms with E-state index in [1.165, 1.54) is 0 Å². The fourth-order valence-electron chi connectivity index (χ4n) is 1.80. The first kappa shape index (κ1) is 12.1. The lowest BCUT2D eigenvalue weighted by atomic mass is 10.1. The summed E-state index contributed by atoms with van der Waals surface area (Å²) in [4.78, 5) is 8.87. The molecule has 0 bridgehead atoms. The summed E-state index contributed by atoms with van der Waals surface area (Å²) in [6.45, 7) is 0.847. The number of nitrogens with zero attached hydrogens (tertiary/aromatic N) is 3. The van der Waals surface area contributed by atoms with Gasteiger partial charge < -0.3 is 10.0 Å². The normalized spacial score (nSPS) is 21.6. The average Bonchev–Trinajstić information content (AvgIpc) is 2.28. The van der Waals surface area contributed by atoms with Crippen LogP contribution in [-0.4, -0.2) is 34.3 Å². The first-order chi connectivity index (χ1) is 7.97. The van der Waals surface area contributed by atoms with Crippen molar-refractivity contribution in [3.05, 3.63) is 18.0 Å². The number of β-amino-alcohol motifs (C(OH)–C–C–N with tert-alkyl or cyclic N) is 1. The van der Waals surface area contributed by atoms with E-state index in [-0.39, 0.29) is 12.5 Å². The fraction of sp³-hybridized carbons (Fsp3) is 0.600. The maximum Gasteiger partial charge on any atom is 0.433 e. The van der Waals surface area contributed by atoms with Gasteiger partial charge in [0.25, 0.3) is 0 Å². The van der Waals surface area contributed by atoms with Crippen LogP contribution in [0.3, 0.4) is 0 Å². The zero-order valence-electron chi connectivity index (χ0n) is 8.98. The van der Waals surface area contributed by atoms with E-state index in [1.54, 1.807) is 4.90 Å². The van der Waals surface area contributed by atoms with E-state index in [2.05, 4.69) is 9.97 Å². The van der Waals surface area contributed by atoms with Gasteiger partial charge in [0, 0.05) is 19.3 Å². The van der Waals surface area contributed by atoms with Crippen LogP contribution < -0.4 is 4.90 Å². The molecule has 0 saturated carbocycles. The summed E-state index contributed by atoms with van der Waals surface area (Å²) in [6.07, 6.45) is -2.52. The third kappa shape index (κ3) is 2.85. The minimum absolute atomic E-state index is 0.0265. The Morgan fingerprint density at radius 3 is 2.82 bits per heavy atom. The topological polar surface area (TPSA) is 49.2 Å². The van der Waals surface area contributed by atoms with E-state index in [0.717, 1.165) is 18.7 Å². The average molecular weight is 247 g/mol. The second kappa shape index (κ2) is 4.48. The number of alkyl halides is 3. The van der Waals surface area contributed by atoms with Crippen LogP contribution >= 0.6 is 0 Å². The molecule has 0 amide bonds. The van der Waals surface area contributed by atoms with Gasteiger partial charge in [-0.05, 0) is 18.9 Å². The lowest BCUT2D eigenvalue weighted by molar-refractivity contribution is -0.141. The molecule has 1 aliphatic heterocycles. The van der Waals surface area contributed by atoms with Gasteiger partial charge in [-0.15, -0.1) is 0 Å². The second-order valence-corrected chi connectivity index (χ2v) is 3.98. The SMILES string of the molecule is O[C@H]1CCCN(c2nccc(C(F)(F)F)n2)C1. The second-order valence-electron chi connectivity index (χ2n) is 3.98. The van der Waals surface area contributed by atoms with E-state index in [0.29, 0.717) is 13.0 Å². The number of piperidine rings is 1. The summed E-state index contributed by atoms with van der Waals surface area (Å²) >= 11 is 0. The molecule has 1 saturated heterocycles. The van der Waals surface area contributed by atoms with Crippen LogP contribution in [0.15, 0.2) is 12.3 Å². The molecule has 0 radical (unpaired) electrons. The highest BCUT2D eigenvalue weighted by atomic mass is 19.4. The van der Waals surface area contributed by atoms with Crippen molar-refractivity contribution < 1.29 is 18.3 Å². The van der Waals surface area contributed by atoms with Crippen molar-refractivity contribution in [1.82, 2.24) is 9.97 Å². The molecule has 1 aromatic rings. The van der Waals surface area contributed by atoms with Crippen LogP contribution in [0.2, 0.25) is 0 Å². The van der Waals surface area contributed by atoms with Crippen LogP contribution in [0.1, 0.15) is 18.5 Å².